The summed E-state index contributed by atoms with van der Waals surface area (Å²) in [4.78, 5) is 25.6. The van der Waals surface area contributed by atoms with Gasteiger partial charge >= 0.3 is 5.63 Å². The standard InChI is InChI=1S/C30H26N2O4/c1-4-32-25-8-6-5-7-21(25)24-13-19(9-11-26(24)32)31-29(33)12-10-20-18(3)23-14-22-17(2)16-35-27(22)15-28(23)36-30(20)34/h5-9,11,13-16H,4,10,12H2,1-3H3,(H,31,33). The second kappa shape index (κ2) is 8.41. The molecule has 0 saturated carbocycles. The minimum Gasteiger partial charge on any atom is -0.464 e. The molecule has 3 heterocycles. The number of para-hydroxylation sites is 1. The number of benzene rings is 3. The average molecular weight is 479 g/mol. The van der Waals surface area contributed by atoms with Crippen molar-refractivity contribution in [2.24, 2.45) is 0 Å². The van der Waals surface area contributed by atoms with E-state index in [1.54, 1.807) is 12.3 Å². The Hall–Kier alpha value is -4.32. The summed E-state index contributed by atoms with van der Waals surface area (Å²) in [5.74, 6) is -0.145. The van der Waals surface area contributed by atoms with E-state index < -0.39 is 5.63 Å². The molecule has 6 aromatic rings. The molecular formula is C30H26N2O4. The molecule has 0 spiro atoms. The van der Waals surface area contributed by atoms with Gasteiger partial charge < -0.3 is 18.7 Å². The van der Waals surface area contributed by atoms with Gasteiger partial charge in [0.1, 0.15) is 11.2 Å². The monoisotopic (exact) mass is 478 g/mol. The molecule has 0 atom stereocenters. The molecule has 0 aliphatic carbocycles. The number of fused-ring (bicyclic) bond motifs is 5. The maximum Gasteiger partial charge on any atom is 0.339 e. The minimum absolute atomic E-state index is 0.145. The van der Waals surface area contributed by atoms with E-state index in [4.69, 9.17) is 8.83 Å². The summed E-state index contributed by atoms with van der Waals surface area (Å²) >= 11 is 0. The van der Waals surface area contributed by atoms with Gasteiger partial charge in [0.25, 0.3) is 0 Å². The molecule has 6 nitrogen and oxygen atoms in total. The van der Waals surface area contributed by atoms with Crippen molar-refractivity contribution in [2.75, 3.05) is 5.32 Å². The topological polar surface area (TPSA) is 77.4 Å². The highest BCUT2D eigenvalue weighted by Crippen LogP contribution is 2.31. The number of furan rings is 1. The zero-order valence-corrected chi connectivity index (χ0v) is 20.5. The van der Waals surface area contributed by atoms with E-state index in [0.29, 0.717) is 23.2 Å². The Morgan fingerprint density at radius 3 is 2.56 bits per heavy atom. The second-order valence-electron chi connectivity index (χ2n) is 9.30. The molecule has 1 amide bonds. The number of carbonyl (C=O) groups excluding carboxylic acids is 1. The molecule has 3 aromatic carbocycles. The van der Waals surface area contributed by atoms with Crippen LogP contribution in [0, 0.1) is 13.8 Å². The average Bonchev–Trinajstić information content (AvgIpc) is 3.39. The van der Waals surface area contributed by atoms with Gasteiger partial charge in [-0.3, -0.25) is 4.79 Å². The Morgan fingerprint density at radius 1 is 0.917 bits per heavy atom. The van der Waals surface area contributed by atoms with E-state index in [-0.39, 0.29) is 12.3 Å². The van der Waals surface area contributed by atoms with Gasteiger partial charge in [0, 0.05) is 62.9 Å². The predicted molar refractivity (Wildman–Crippen MR) is 144 cm³/mol. The largest absolute Gasteiger partial charge is 0.464 e. The van der Waals surface area contributed by atoms with Gasteiger partial charge in [-0.25, -0.2) is 4.79 Å². The van der Waals surface area contributed by atoms with Crippen LogP contribution in [-0.2, 0) is 17.8 Å². The summed E-state index contributed by atoms with van der Waals surface area (Å²) in [6.45, 7) is 6.89. The van der Waals surface area contributed by atoms with Crippen LogP contribution in [0.4, 0.5) is 5.69 Å². The Morgan fingerprint density at radius 2 is 1.72 bits per heavy atom. The molecule has 0 saturated heterocycles. The Labute approximate surface area is 207 Å². The van der Waals surface area contributed by atoms with Crippen LogP contribution in [0.15, 0.2) is 74.5 Å². The van der Waals surface area contributed by atoms with Crippen molar-refractivity contribution in [1.29, 1.82) is 0 Å². The van der Waals surface area contributed by atoms with Gasteiger partial charge in [0.2, 0.25) is 5.91 Å². The molecule has 0 bridgehead atoms. The Kier molecular flexibility index (Phi) is 5.18. The number of amides is 1. The molecule has 0 aliphatic heterocycles. The van der Waals surface area contributed by atoms with Crippen LogP contribution in [0.1, 0.15) is 30.0 Å². The van der Waals surface area contributed by atoms with E-state index >= 15 is 0 Å². The lowest BCUT2D eigenvalue weighted by Gasteiger charge is -2.09. The van der Waals surface area contributed by atoms with Crippen molar-refractivity contribution >= 4 is 55.3 Å². The molecule has 0 fully saturated rings. The molecule has 36 heavy (non-hydrogen) atoms. The highest BCUT2D eigenvalue weighted by molar-refractivity contribution is 6.09. The number of hydrogen-bond donors (Lipinski definition) is 1. The number of carbonyl (C=O) groups is 1. The quantitative estimate of drug-likeness (QED) is 0.275. The fourth-order valence-corrected chi connectivity index (χ4v) is 5.26. The first-order valence-electron chi connectivity index (χ1n) is 12.2. The molecule has 1 N–H and O–H groups in total. The number of anilines is 1. The van der Waals surface area contributed by atoms with Crippen LogP contribution in [0.25, 0.3) is 43.7 Å². The fourth-order valence-electron chi connectivity index (χ4n) is 5.26. The zero-order chi connectivity index (χ0) is 25.0. The molecule has 6 rings (SSSR count). The summed E-state index contributed by atoms with van der Waals surface area (Å²) in [5, 5.41) is 7.13. The highest BCUT2D eigenvalue weighted by Gasteiger charge is 2.16. The normalized spacial score (nSPS) is 11.8. The third-order valence-corrected chi connectivity index (χ3v) is 7.15. The maximum absolute atomic E-state index is 12.9. The smallest absolute Gasteiger partial charge is 0.339 e. The number of hydrogen-bond acceptors (Lipinski definition) is 4. The summed E-state index contributed by atoms with van der Waals surface area (Å²) in [6, 6.07) is 18.1. The van der Waals surface area contributed by atoms with Crippen LogP contribution in [0.3, 0.4) is 0 Å². The van der Waals surface area contributed by atoms with Crippen molar-refractivity contribution in [1.82, 2.24) is 4.57 Å². The fraction of sp³-hybridized carbons (Fsp3) is 0.200. The number of aryl methyl sites for hydroxylation is 3. The van der Waals surface area contributed by atoms with E-state index in [2.05, 4.69) is 35.0 Å². The van der Waals surface area contributed by atoms with E-state index in [1.165, 1.54) is 5.52 Å². The van der Waals surface area contributed by atoms with Gasteiger partial charge in [0.15, 0.2) is 0 Å². The lowest BCUT2D eigenvalue weighted by molar-refractivity contribution is -0.116. The third-order valence-electron chi connectivity index (χ3n) is 7.15. The first-order chi connectivity index (χ1) is 17.4. The van der Waals surface area contributed by atoms with Crippen LogP contribution in [0.5, 0.6) is 0 Å². The lowest BCUT2D eigenvalue weighted by Crippen LogP contribution is -2.16. The number of aromatic nitrogens is 1. The third kappa shape index (κ3) is 3.49. The molecule has 3 aromatic heterocycles. The van der Waals surface area contributed by atoms with Crippen LogP contribution in [-0.4, -0.2) is 10.5 Å². The minimum atomic E-state index is -0.413. The SMILES string of the molecule is CCn1c2ccccc2c2cc(NC(=O)CCc3c(C)c4cc5c(C)coc5cc4oc3=O)ccc21. The molecule has 0 radical (unpaired) electrons. The Balaban J connectivity index is 1.26. The van der Waals surface area contributed by atoms with Crippen LogP contribution < -0.4 is 10.9 Å². The van der Waals surface area contributed by atoms with Crippen molar-refractivity contribution < 1.29 is 13.6 Å². The molecular weight excluding hydrogens is 452 g/mol. The molecule has 6 heteroatoms. The van der Waals surface area contributed by atoms with E-state index in [0.717, 1.165) is 50.4 Å². The van der Waals surface area contributed by atoms with Gasteiger partial charge in [-0.2, -0.15) is 0 Å². The van der Waals surface area contributed by atoms with Gasteiger partial charge in [-0.1, -0.05) is 18.2 Å². The molecule has 180 valence electrons. The van der Waals surface area contributed by atoms with Gasteiger partial charge in [-0.05, 0) is 68.7 Å². The maximum atomic E-state index is 12.9. The molecule has 0 unspecified atom stereocenters. The van der Waals surface area contributed by atoms with E-state index in [9.17, 15) is 9.59 Å². The van der Waals surface area contributed by atoms with Crippen molar-refractivity contribution in [3.05, 3.63) is 88.0 Å². The predicted octanol–water partition coefficient (Wildman–Crippen LogP) is 6.86. The first kappa shape index (κ1) is 22.2. The number of nitrogens with zero attached hydrogens (tertiary/aromatic N) is 1. The first-order valence-corrected chi connectivity index (χ1v) is 12.2. The summed E-state index contributed by atoms with van der Waals surface area (Å²) in [5.41, 5.74) is 6.22. The van der Waals surface area contributed by atoms with Crippen molar-refractivity contribution in [3.63, 3.8) is 0 Å². The second-order valence-corrected chi connectivity index (χ2v) is 9.30. The van der Waals surface area contributed by atoms with Crippen molar-refractivity contribution in [2.45, 2.75) is 40.2 Å². The zero-order valence-electron chi connectivity index (χ0n) is 20.5. The van der Waals surface area contributed by atoms with Gasteiger partial charge in [0.05, 0.1) is 6.26 Å². The van der Waals surface area contributed by atoms with Crippen molar-refractivity contribution in [3.8, 4) is 0 Å². The highest BCUT2D eigenvalue weighted by atomic mass is 16.4. The lowest BCUT2D eigenvalue weighted by atomic mass is 10.0. The Bertz CT molecular complexity index is 1870. The number of rotatable bonds is 5. The van der Waals surface area contributed by atoms with Crippen LogP contribution >= 0.6 is 0 Å². The molecule has 0 aliphatic rings. The summed E-state index contributed by atoms with van der Waals surface area (Å²) < 4.78 is 13.4. The van der Waals surface area contributed by atoms with E-state index in [1.807, 2.05) is 44.2 Å². The summed E-state index contributed by atoms with van der Waals surface area (Å²) in [6.07, 6.45) is 2.17. The number of nitrogens with one attached hydrogen (secondary N) is 1. The summed E-state index contributed by atoms with van der Waals surface area (Å²) in [7, 11) is 0. The van der Waals surface area contributed by atoms with Gasteiger partial charge in [-0.15, -0.1) is 0 Å². The van der Waals surface area contributed by atoms with Crippen LogP contribution in [0.2, 0.25) is 0 Å².